The number of hydrogen-bond donors (Lipinski definition) is 3. The minimum absolute atomic E-state index is 0.0191. The van der Waals surface area contributed by atoms with E-state index < -0.39 is 47.4 Å². The first kappa shape index (κ1) is 52.5. The van der Waals surface area contributed by atoms with Crippen molar-refractivity contribution in [3.05, 3.63) is 76.0 Å². The summed E-state index contributed by atoms with van der Waals surface area (Å²) in [5.41, 5.74) is 10.6. The number of likely N-dealkylation sites (tertiary alicyclic amines) is 1. The van der Waals surface area contributed by atoms with Crippen LogP contribution in [0.5, 0.6) is 5.75 Å². The molecule has 2 fully saturated rings. The van der Waals surface area contributed by atoms with Crippen LogP contribution in [0.15, 0.2) is 48.7 Å². The Bertz CT molecular complexity index is 2740. The van der Waals surface area contributed by atoms with Gasteiger partial charge in [-0.3, -0.25) is 29.2 Å². The molecule has 3 amide bonds. The van der Waals surface area contributed by atoms with Gasteiger partial charge >= 0.3 is 5.97 Å². The number of nitrogens with one attached hydrogen (secondary N) is 2. The van der Waals surface area contributed by atoms with Crippen molar-refractivity contribution in [2.24, 2.45) is 11.3 Å². The zero-order valence-corrected chi connectivity index (χ0v) is 43.3. The number of carbonyl (C=O) groups is 4. The number of esters is 1. The number of phenols is 1. The molecule has 4 aromatic rings. The average molecular weight is 975 g/mol. The number of ether oxygens (including phenoxy) is 2. The van der Waals surface area contributed by atoms with Gasteiger partial charge in [-0.15, -0.1) is 5.01 Å². The molecule has 3 aliphatic rings. The number of cyclic esters (lactones) is 1. The number of aromatic nitrogens is 2. The lowest BCUT2D eigenvalue weighted by molar-refractivity contribution is -0.732. The van der Waals surface area contributed by atoms with Gasteiger partial charge in [0.25, 0.3) is 17.9 Å². The van der Waals surface area contributed by atoms with E-state index in [0.29, 0.717) is 56.4 Å². The summed E-state index contributed by atoms with van der Waals surface area (Å²) in [5.74, 6) is 2.86. The van der Waals surface area contributed by atoms with Gasteiger partial charge in [0.15, 0.2) is 6.04 Å². The molecule has 3 aliphatic heterocycles. The highest BCUT2D eigenvalue weighted by atomic mass is 16.5. The van der Waals surface area contributed by atoms with Crippen molar-refractivity contribution in [1.82, 2.24) is 40.1 Å². The summed E-state index contributed by atoms with van der Waals surface area (Å²) in [6.45, 7) is 15.7. The molecule has 2 aromatic carbocycles. The number of likely N-dealkylation sites (N-methyl/N-ethyl adjacent to an activating group) is 1. The van der Waals surface area contributed by atoms with Crippen molar-refractivity contribution in [1.29, 1.82) is 0 Å². The fourth-order valence-electron chi connectivity index (χ4n) is 10.4. The van der Waals surface area contributed by atoms with Crippen molar-refractivity contribution in [3.8, 4) is 40.0 Å². The smallest absolute Gasteiger partial charge is 0.324 e. The number of aryl methyl sites for hydroxylation is 1. The Balaban J connectivity index is 1.32. The van der Waals surface area contributed by atoms with Crippen LogP contribution in [0.25, 0.3) is 33.3 Å². The topological polar surface area (TPSA) is 182 Å². The maximum Gasteiger partial charge on any atom is 0.324 e. The number of nitroso groups, excluding NO2 is 1. The molecular weight excluding hydrogens is 903 g/mol. The van der Waals surface area contributed by atoms with Gasteiger partial charge in [0.2, 0.25) is 5.91 Å². The predicted octanol–water partition coefficient (Wildman–Crippen LogP) is 5.79. The second kappa shape index (κ2) is 22.0. The molecule has 3 N–H and O–H groups in total. The molecule has 2 aromatic heterocycles. The lowest BCUT2D eigenvalue weighted by atomic mass is 9.84. The quantitative estimate of drug-likeness (QED) is 0.0675. The summed E-state index contributed by atoms with van der Waals surface area (Å²) in [6.07, 6.45) is 3.43. The maximum atomic E-state index is 14.8. The fourth-order valence-corrected chi connectivity index (χ4v) is 10.4. The minimum Gasteiger partial charge on any atom is -0.508 e. The summed E-state index contributed by atoms with van der Waals surface area (Å²) in [7, 11) is 7.29. The number of pyridine rings is 1. The molecule has 2 saturated heterocycles. The Morgan fingerprint density at radius 3 is 2.52 bits per heavy atom. The average Bonchev–Trinajstić information content (AvgIpc) is 3.95. The summed E-state index contributed by atoms with van der Waals surface area (Å²) >= 11 is 0. The first-order valence-corrected chi connectivity index (χ1v) is 24.8. The number of hydrazine groups is 2. The van der Waals surface area contributed by atoms with Crippen LogP contribution in [0.3, 0.4) is 0 Å². The molecule has 0 spiro atoms. The van der Waals surface area contributed by atoms with Gasteiger partial charge in [0.1, 0.15) is 22.7 Å². The number of carbonyl (C=O) groups excluding carboxylic acids is 4. The number of phenolic OH excluding ortho intramolecular Hbond substituents is 1. The molecule has 0 saturated carbocycles. The molecule has 380 valence electrons. The van der Waals surface area contributed by atoms with Crippen LogP contribution in [0.1, 0.15) is 96.2 Å². The first-order valence-electron chi connectivity index (χ1n) is 24.8. The molecule has 5 heterocycles. The molecule has 0 unspecified atom stereocenters. The Labute approximate surface area is 417 Å². The highest BCUT2D eigenvalue weighted by Crippen LogP contribution is 2.43. The van der Waals surface area contributed by atoms with Crippen LogP contribution in [-0.4, -0.2) is 142 Å². The van der Waals surface area contributed by atoms with E-state index in [1.165, 1.54) is 14.9 Å². The Kier molecular flexibility index (Phi) is 16.2. The number of amides is 3. The molecule has 17 heteroatoms. The number of methoxy groups -OCH3 is 1. The van der Waals surface area contributed by atoms with Crippen LogP contribution in [0, 0.1) is 28.1 Å². The summed E-state index contributed by atoms with van der Waals surface area (Å²) in [6, 6.07) is 10.1. The second-order valence-corrected chi connectivity index (χ2v) is 20.7. The number of nitrogens with zero attached hydrogens (tertiary/aromatic N) is 7. The van der Waals surface area contributed by atoms with Gasteiger partial charge in [-0.25, -0.2) is 5.43 Å². The zero-order chi connectivity index (χ0) is 51.5. The zero-order valence-electron chi connectivity index (χ0n) is 43.3. The maximum absolute atomic E-state index is 14.8. The minimum atomic E-state index is -1.19. The predicted molar refractivity (Wildman–Crippen MR) is 271 cm³/mol. The molecule has 6 bridgehead atoms. The summed E-state index contributed by atoms with van der Waals surface area (Å²) in [4.78, 5) is 79.3. The summed E-state index contributed by atoms with van der Waals surface area (Å²) in [5, 5.41) is 18.1. The highest BCUT2D eigenvalue weighted by Gasteiger charge is 2.45. The third-order valence-electron chi connectivity index (χ3n) is 13.9. The van der Waals surface area contributed by atoms with Crippen molar-refractivity contribution in [2.75, 3.05) is 54.5 Å². The molecule has 17 nitrogen and oxygen atoms in total. The van der Waals surface area contributed by atoms with Gasteiger partial charge < -0.3 is 34.3 Å². The molecule has 0 aliphatic carbocycles. The lowest BCUT2D eigenvalue weighted by Gasteiger charge is -2.36. The largest absolute Gasteiger partial charge is 0.508 e. The van der Waals surface area contributed by atoms with E-state index in [1.807, 2.05) is 53.2 Å². The van der Waals surface area contributed by atoms with Gasteiger partial charge in [-0.05, 0) is 124 Å². The third kappa shape index (κ3) is 11.6. The number of fused-ring (bicyclic) bond motifs is 6. The Morgan fingerprint density at radius 2 is 1.83 bits per heavy atom. The van der Waals surface area contributed by atoms with E-state index in [0.717, 1.165) is 49.4 Å². The molecule has 5 atom stereocenters. The van der Waals surface area contributed by atoms with E-state index in [2.05, 4.69) is 71.0 Å². The van der Waals surface area contributed by atoms with Gasteiger partial charge in [-0.2, -0.15) is 0 Å². The van der Waals surface area contributed by atoms with Crippen molar-refractivity contribution in [2.45, 2.75) is 124 Å². The van der Waals surface area contributed by atoms with Crippen LogP contribution < -0.4 is 10.7 Å². The molecule has 7 rings (SSSR count). The van der Waals surface area contributed by atoms with Crippen LogP contribution in [-0.2, 0) is 54.6 Å². The number of aromatic hydroxyl groups is 1. The van der Waals surface area contributed by atoms with Crippen molar-refractivity contribution >= 4 is 34.6 Å². The van der Waals surface area contributed by atoms with Gasteiger partial charge in [0, 0.05) is 74.2 Å². The first-order chi connectivity index (χ1) is 33.7. The lowest BCUT2D eigenvalue weighted by Crippen LogP contribution is -2.62. The fraction of sp³-hybridized carbons (Fsp3) is 0.537. The number of rotatable bonds is 12. The van der Waals surface area contributed by atoms with Gasteiger partial charge in [0.05, 0.1) is 42.6 Å². The number of hydrogen-bond acceptors (Lipinski definition) is 11. The van der Waals surface area contributed by atoms with E-state index in [9.17, 15) is 29.2 Å². The Morgan fingerprint density at radius 1 is 1.07 bits per heavy atom. The van der Waals surface area contributed by atoms with E-state index >= 15 is 0 Å². The molecular formula is C54H72N9O8+. The third-order valence-corrected chi connectivity index (χ3v) is 13.9. The SMILES string of the molecule is CC#CC(=O)N1CC[C@H]([N+](=O)N(C)[C@H](C(=O)N[C@H]2Cc3cc(O)cc(c3)-c3ccc4c(c3)c(c(-c3cc(CN(C)C)cnc3[C@H](C)OC)n4CC)CC(C)(C)COC(=O)[C@@H]3CCCN(N3)C2=O)C(C)C)C1. The Hall–Kier alpha value is -6.35. The van der Waals surface area contributed by atoms with Crippen LogP contribution in [0.4, 0.5) is 0 Å². The highest BCUT2D eigenvalue weighted by molar-refractivity contribution is 5.96. The molecule has 0 radical (unpaired) electrons. The summed E-state index contributed by atoms with van der Waals surface area (Å²) < 4.78 is 14.4. The van der Waals surface area contributed by atoms with Gasteiger partial charge in [-0.1, -0.05) is 45.7 Å². The van der Waals surface area contributed by atoms with E-state index in [-0.39, 0.29) is 49.8 Å². The van der Waals surface area contributed by atoms with E-state index in [1.54, 1.807) is 33.2 Å². The number of benzene rings is 2. The molecule has 71 heavy (non-hydrogen) atoms. The standard InChI is InChI=1S/C54H71N9O8/c1-12-15-47(65)60-21-19-39(31-60)63(69)59(10)49(33(3)4)51(66)56-45-25-35-22-38(26-40(64)23-35)37-17-18-46-41(27-37)43(28-54(6,7)32-71-53(68)44-16-14-20-62(57-44)52(45)67)50(61(46)13-2)42-24-36(30-58(8)9)29-55-48(42)34(5)70-11/h17-18,22-24,26-27,29,33-34,39,44-45,49,57H,13-14,16,19-21,25,28,30-32H2,1-11H3,(H-,56,64,66)/p+1/t34-,39-,44-,45-,49-/m0/s1. The van der Waals surface area contributed by atoms with Crippen molar-refractivity contribution < 1.29 is 38.6 Å². The van der Waals surface area contributed by atoms with Crippen molar-refractivity contribution in [3.63, 3.8) is 0 Å². The van der Waals surface area contributed by atoms with Crippen LogP contribution in [0.2, 0.25) is 0 Å². The second-order valence-electron chi connectivity index (χ2n) is 20.7. The van der Waals surface area contributed by atoms with E-state index in [4.69, 9.17) is 14.5 Å². The normalized spacial score (nSPS) is 20.3. The monoisotopic (exact) mass is 975 g/mol. The van der Waals surface area contributed by atoms with Crippen LogP contribution >= 0.6 is 0 Å².